The second kappa shape index (κ2) is 9.43. The quantitative estimate of drug-likeness (QED) is 0.636. The highest BCUT2D eigenvalue weighted by atomic mass is 32.2. The van der Waals surface area contributed by atoms with Gasteiger partial charge in [0.25, 0.3) is 0 Å². The topological polar surface area (TPSA) is 60.9 Å². The highest BCUT2D eigenvalue weighted by Gasteiger charge is 2.48. The van der Waals surface area contributed by atoms with Crippen molar-refractivity contribution < 1.29 is 14.4 Å². The van der Waals surface area contributed by atoms with Crippen LogP contribution in [0.1, 0.15) is 29.2 Å². The first-order valence-corrected chi connectivity index (χ1v) is 12.1. The first kappa shape index (κ1) is 23.1. The van der Waals surface area contributed by atoms with Crippen molar-refractivity contribution in [3.05, 3.63) is 76.2 Å². The number of urea groups is 1. The molecular formula is C26H29N3O3S. The van der Waals surface area contributed by atoms with Gasteiger partial charge in [0, 0.05) is 12.2 Å². The molecule has 4 rings (SSSR count). The summed E-state index contributed by atoms with van der Waals surface area (Å²) in [4.78, 5) is 44.5. The van der Waals surface area contributed by atoms with E-state index in [9.17, 15) is 14.4 Å². The molecule has 0 saturated carbocycles. The van der Waals surface area contributed by atoms with Gasteiger partial charge in [0.2, 0.25) is 11.8 Å². The molecular weight excluding hydrogens is 434 g/mol. The molecule has 0 radical (unpaired) electrons. The zero-order valence-electron chi connectivity index (χ0n) is 19.4. The van der Waals surface area contributed by atoms with Crippen LogP contribution in [0.25, 0.3) is 0 Å². The van der Waals surface area contributed by atoms with Crippen molar-refractivity contribution in [1.29, 1.82) is 0 Å². The number of nitrogens with zero attached hydrogens (tertiary/aromatic N) is 3. The maximum absolute atomic E-state index is 13.5. The maximum Gasteiger partial charge on any atom is 0.328 e. The lowest BCUT2D eigenvalue weighted by Crippen LogP contribution is -2.63. The van der Waals surface area contributed by atoms with E-state index in [-0.39, 0.29) is 24.9 Å². The summed E-state index contributed by atoms with van der Waals surface area (Å²) in [5.74, 6) is -0.367. The van der Waals surface area contributed by atoms with Gasteiger partial charge in [-0.2, -0.15) is 0 Å². The number of carbonyl (C=O) groups excluding carboxylic acids is 3. The Kier molecular flexibility index (Phi) is 6.61. The third kappa shape index (κ3) is 4.55. The van der Waals surface area contributed by atoms with Crippen LogP contribution < -0.4 is 4.90 Å². The molecule has 2 unspecified atom stereocenters. The lowest BCUT2D eigenvalue weighted by molar-refractivity contribution is -0.133. The number of hydrogen-bond acceptors (Lipinski definition) is 4. The Bertz CT molecular complexity index is 1130. The van der Waals surface area contributed by atoms with Crippen LogP contribution in [0.15, 0.2) is 53.9 Å². The van der Waals surface area contributed by atoms with Crippen molar-refractivity contribution in [2.24, 2.45) is 0 Å². The number of thioether (sulfide) groups is 1. The third-order valence-corrected chi connectivity index (χ3v) is 7.39. The molecule has 4 amide bonds. The lowest BCUT2D eigenvalue weighted by Gasteiger charge is -2.41. The standard InChI is InChI=1S/C26H29N3O3S/c1-5-27(21-8-6-7-17(2)13-21)23(30)16-28-22-11-12-33-24(22)25(31)29(26(28)32)15-20-10-9-18(3)19(4)14-20/h6-14,22,24H,5,15-16H2,1-4H3. The molecule has 6 nitrogen and oxygen atoms in total. The molecule has 2 aromatic rings. The number of anilines is 1. The van der Waals surface area contributed by atoms with Gasteiger partial charge in [-0.3, -0.25) is 14.5 Å². The predicted molar refractivity (Wildman–Crippen MR) is 132 cm³/mol. The summed E-state index contributed by atoms with van der Waals surface area (Å²) < 4.78 is 0. The number of imide groups is 1. The fourth-order valence-electron chi connectivity index (χ4n) is 4.33. The zero-order chi connectivity index (χ0) is 23.7. The summed E-state index contributed by atoms with van der Waals surface area (Å²) >= 11 is 1.41. The molecule has 0 bridgehead atoms. The van der Waals surface area contributed by atoms with Gasteiger partial charge in [-0.1, -0.05) is 36.4 Å². The van der Waals surface area contributed by atoms with Crippen molar-refractivity contribution in [1.82, 2.24) is 9.80 Å². The maximum atomic E-state index is 13.5. The van der Waals surface area contributed by atoms with E-state index in [1.165, 1.54) is 16.7 Å². The van der Waals surface area contributed by atoms with Gasteiger partial charge < -0.3 is 9.80 Å². The molecule has 0 aromatic heterocycles. The van der Waals surface area contributed by atoms with E-state index < -0.39 is 17.3 Å². The van der Waals surface area contributed by atoms with Gasteiger partial charge in [0.05, 0.1) is 12.6 Å². The van der Waals surface area contributed by atoms with E-state index in [1.807, 2.05) is 81.6 Å². The van der Waals surface area contributed by atoms with Crippen LogP contribution >= 0.6 is 11.8 Å². The number of fused-ring (bicyclic) bond motifs is 1. The van der Waals surface area contributed by atoms with Gasteiger partial charge >= 0.3 is 6.03 Å². The Morgan fingerprint density at radius 1 is 1.06 bits per heavy atom. The molecule has 2 aromatic carbocycles. The van der Waals surface area contributed by atoms with Crippen LogP contribution in [0, 0.1) is 20.8 Å². The Morgan fingerprint density at radius 3 is 2.55 bits per heavy atom. The Balaban J connectivity index is 1.58. The minimum absolute atomic E-state index is 0.0800. The van der Waals surface area contributed by atoms with Crippen molar-refractivity contribution in [2.75, 3.05) is 18.0 Å². The van der Waals surface area contributed by atoms with Gasteiger partial charge in [-0.25, -0.2) is 4.79 Å². The summed E-state index contributed by atoms with van der Waals surface area (Å²) in [6.45, 7) is 8.56. The monoisotopic (exact) mass is 463 g/mol. The lowest BCUT2D eigenvalue weighted by atomic mass is 10.0. The van der Waals surface area contributed by atoms with Crippen LogP contribution in [0.2, 0.25) is 0 Å². The highest BCUT2D eigenvalue weighted by Crippen LogP contribution is 2.35. The second-order valence-corrected chi connectivity index (χ2v) is 9.66. The molecule has 1 fully saturated rings. The summed E-state index contributed by atoms with van der Waals surface area (Å²) in [6, 6.07) is 12.9. The molecule has 2 aliphatic heterocycles. The average molecular weight is 464 g/mol. The van der Waals surface area contributed by atoms with Gasteiger partial charge in [0.1, 0.15) is 11.8 Å². The molecule has 2 heterocycles. The first-order valence-electron chi connectivity index (χ1n) is 11.2. The average Bonchev–Trinajstić information content (AvgIpc) is 3.27. The first-order chi connectivity index (χ1) is 15.8. The van der Waals surface area contributed by atoms with Crippen LogP contribution in [0.5, 0.6) is 0 Å². The highest BCUT2D eigenvalue weighted by molar-refractivity contribution is 8.03. The summed E-state index contributed by atoms with van der Waals surface area (Å²) in [6.07, 6.45) is 1.86. The van der Waals surface area contributed by atoms with E-state index >= 15 is 0 Å². The SMILES string of the molecule is CCN(C(=O)CN1C(=O)N(Cc2ccc(C)c(C)c2)C(=O)C2SC=CC21)c1cccc(C)c1. The molecule has 0 N–H and O–H groups in total. The zero-order valence-corrected chi connectivity index (χ0v) is 20.3. The number of amides is 4. The van der Waals surface area contributed by atoms with Crippen LogP contribution in [0.3, 0.4) is 0 Å². The molecule has 1 saturated heterocycles. The van der Waals surface area contributed by atoms with E-state index in [0.29, 0.717) is 6.54 Å². The van der Waals surface area contributed by atoms with Crippen LogP contribution in [-0.2, 0) is 16.1 Å². The molecule has 7 heteroatoms. The van der Waals surface area contributed by atoms with Crippen molar-refractivity contribution in [3.8, 4) is 0 Å². The Morgan fingerprint density at radius 2 is 1.85 bits per heavy atom. The van der Waals surface area contributed by atoms with Gasteiger partial charge in [-0.05, 0) is 67.5 Å². The molecule has 172 valence electrons. The minimum Gasteiger partial charge on any atom is -0.311 e. The van der Waals surface area contributed by atoms with Gasteiger partial charge in [-0.15, -0.1) is 11.8 Å². The molecule has 0 spiro atoms. The molecule has 33 heavy (non-hydrogen) atoms. The largest absolute Gasteiger partial charge is 0.328 e. The minimum atomic E-state index is -0.420. The number of hydrogen-bond donors (Lipinski definition) is 0. The number of aryl methyl sites for hydroxylation is 3. The van der Waals surface area contributed by atoms with E-state index in [4.69, 9.17) is 0 Å². The van der Waals surface area contributed by atoms with E-state index in [2.05, 4.69) is 0 Å². The fourth-order valence-corrected chi connectivity index (χ4v) is 5.39. The number of likely N-dealkylation sites (N-methyl/N-ethyl adjacent to an activating group) is 1. The summed E-state index contributed by atoms with van der Waals surface area (Å²) in [7, 11) is 0. The summed E-state index contributed by atoms with van der Waals surface area (Å²) in [5.41, 5.74) is 5.04. The Labute approximate surface area is 199 Å². The molecule has 2 atom stereocenters. The van der Waals surface area contributed by atoms with Crippen molar-refractivity contribution in [2.45, 2.75) is 45.5 Å². The van der Waals surface area contributed by atoms with Crippen LogP contribution in [-0.4, -0.2) is 52.0 Å². The van der Waals surface area contributed by atoms with Crippen molar-refractivity contribution in [3.63, 3.8) is 0 Å². The van der Waals surface area contributed by atoms with E-state index in [0.717, 1.165) is 27.9 Å². The second-order valence-electron chi connectivity index (χ2n) is 8.61. The normalized spacial score (nSPS) is 19.8. The number of rotatable bonds is 6. The summed E-state index contributed by atoms with van der Waals surface area (Å²) in [5, 5.41) is 1.44. The molecule has 0 aliphatic carbocycles. The third-order valence-electron chi connectivity index (χ3n) is 6.31. The Hall–Kier alpha value is -3.06. The fraction of sp³-hybridized carbons (Fsp3) is 0.346. The number of benzene rings is 2. The van der Waals surface area contributed by atoms with Crippen LogP contribution in [0.4, 0.5) is 10.5 Å². The smallest absolute Gasteiger partial charge is 0.311 e. The van der Waals surface area contributed by atoms with Crippen molar-refractivity contribution >= 4 is 35.3 Å². The van der Waals surface area contributed by atoms with Gasteiger partial charge in [0.15, 0.2) is 0 Å². The number of carbonyl (C=O) groups is 3. The predicted octanol–water partition coefficient (Wildman–Crippen LogP) is 4.43. The molecule has 2 aliphatic rings. The van der Waals surface area contributed by atoms with E-state index in [1.54, 1.807) is 9.80 Å².